The summed E-state index contributed by atoms with van der Waals surface area (Å²) in [6, 6.07) is 0. The molecular weight excluding hydrogens is 206 g/mol. The zero-order valence-electron chi connectivity index (χ0n) is 7.41. The van der Waals surface area contributed by atoms with Gasteiger partial charge in [-0.2, -0.15) is 0 Å². The van der Waals surface area contributed by atoms with Crippen molar-refractivity contribution in [2.75, 3.05) is 11.9 Å². The van der Waals surface area contributed by atoms with Gasteiger partial charge in [0, 0.05) is 6.54 Å². The van der Waals surface area contributed by atoms with Gasteiger partial charge in [0.1, 0.15) is 0 Å². The summed E-state index contributed by atoms with van der Waals surface area (Å²) in [5, 5.41) is 3.20. The number of hydrogen-bond acceptors (Lipinski definition) is 1. The molecule has 0 aliphatic carbocycles. The molecule has 0 aromatic heterocycles. The fraction of sp³-hybridized carbons (Fsp3) is 0.875. The number of nitrogens with one attached hydrogen (secondary N) is 1. The summed E-state index contributed by atoms with van der Waals surface area (Å²) >= 11 is 3.08. The molecule has 0 saturated carbocycles. The van der Waals surface area contributed by atoms with Crippen molar-refractivity contribution in [3.8, 4) is 0 Å². The molecule has 11 heavy (non-hydrogen) atoms. The van der Waals surface area contributed by atoms with Gasteiger partial charge in [-0.15, -0.1) is 0 Å². The Balaban J connectivity index is 3.35. The van der Waals surface area contributed by atoms with Gasteiger partial charge in [-0.25, -0.2) is 0 Å². The molecule has 0 spiro atoms. The van der Waals surface area contributed by atoms with Crippen molar-refractivity contribution in [2.24, 2.45) is 5.41 Å². The molecule has 0 atom stereocenters. The van der Waals surface area contributed by atoms with E-state index in [1.54, 1.807) is 0 Å². The standard InChI is InChI=1S/C8H16BrNO/c1-8(2,3)4-5-10-7(11)6-9/h4-6H2,1-3H3,(H,10,11). The van der Waals surface area contributed by atoms with Gasteiger partial charge in [-0.3, -0.25) is 4.79 Å². The van der Waals surface area contributed by atoms with Crippen LogP contribution < -0.4 is 5.32 Å². The van der Waals surface area contributed by atoms with E-state index in [1.165, 1.54) is 0 Å². The molecule has 0 aromatic rings. The highest BCUT2D eigenvalue weighted by molar-refractivity contribution is 9.09. The third-order valence-corrected chi connectivity index (χ3v) is 1.83. The van der Waals surface area contributed by atoms with Gasteiger partial charge >= 0.3 is 0 Å². The van der Waals surface area contributed by atoms with E-state index in [0.717, 1.165) is 13.0 Å². The van der Waals surface area contributed by atoms with E-state index < -0.39 is 0 Å². The van der Waals surface area contributed by atoms with Crippen LogP contribution in [0.2, 0.25) is 0 Å². The van der Waals surface area contributed by atoms with Crippen molar-refractivity contribution in [3.05, 3.63) is 0 Å². The number of halogens is 1. The monoisotopic (exact) mass is 221 g/mol. The second kappa shape index (κ2) is 4.75. The molecule has 0 radical (unpaired) electrons. The summed E-state index contributed by atoms with van der Waals surface area (Å²) in [5.74, 6) is 0.0641. The summed E-state index contributed by atoms with van der Waals surface area (Å²) in [4.78, 5) is 10.7. The van der Waals surface area contributed by atoms with Crippen LogP contribution in [-0.2, 0) is 4.79 Å². The quantitative estimate of drug-likeness (QED) is 0.726. The number of alkyl halides is 1. The molecular formula is C8H16BrNO. The normalized spacial score (nSPS) is 11.3. The van der Waals surface area contributed by atoms with Crippen LogP contribution in [-0.4, -0.2) is 17.8 Å². The molecule has 66 valence electrons. The first-order chi connectivity index (χ1) is 4.95. The summed E-state index contributed by atoms with van der Waals surface area (Å²) in [5.41, 5.74) is 0.305. The predicted molar refractivity (Wildman–Crippen MR) is 50.9 cm³/mol. The van der Waals surface area contributed by atoms with E-state index in [4.69, 9.17) is 0 Å². The van der Waals surface area contributed by atoms with E-state index in [1.807, 2.05) is 0 Å². The van der Waals surface area contributed by atoms with Gasteiger partial charge in [0.15, 0.2) is 0 Å². The topological polar surface area (TPSA) is 29.1 Å². The lowest BCUT2D eigenvalue weighted by atomic mass is 9.92. The summed E-state index contributed by atoms with van der Waals surface area (Å²) < 4.78 is 0. The number of hydrogen-bond donors (Lipinski definition) is 1. The predicted octanol–water partition coefficient (Wildman–Crippen LogP) is 1.93. The Morgan fingerprint density at radius 1 is 1.45 bits per heavy atom. The Kier molecular flexibility index (Phi) is 4.73. The highest BCUT2D eigenvalue weighted by Gasteiger charge is 2.09. The van der Waals surface area contributed by atoms with E-state index in [2.05, 4.69) is 42.0 Å². The van der Waals surface area contributed by atoms with E-state index >= 15 is 0 Å². The van der Waals surface area contributed by atoms with Gasteiger partial charge < -0.3 is 5.32 Å². The smallest absolute Gasteiger partial charge is 0.230 e. The van der Waals surface area contributed by atoms with E-state index in [-0.39, 0.29) is 5.91 Å². The Morgan fingerprint density at radius 2 is 2.00 bits per heavy atom. The second-order valence-electron chi connectivity index (χ2n) is 3.79. The first-order valence-electron chi connectivity index (χ1n) is 3.78. The van der Waals surface area contributed by atoms with Crippen LogP contribution in [0.25, 0.3) is 0 Å². The number of carbonyl (C=O) groups is 1. The molecule has 0 unspecified atom stereocenters. The molecule has 0 saturated heterocycles. The van der Waals surface area contributed by atoms with Crippen molar-refractivity contribution in [3.63, 3.8) is 0 Å². The minimum atomic E-state index is 0.0641. The first kappa shape index (κ1) is 11.0. The first-order valence-corrected chi connectivity index (χ1v) is 4.90. The zero-order valence-corrected chi connectivity index (χ0v) is 8.99. The lowest BCUT2D eigenvalue weighted by Crippen LogP contribution is -2.27. The summed E-state index contributed by atoms with van der Waals surface area (Å²) in [7, 11) is 0. The van der Waals surface area contributed by atoms with Gasteiger partial charge in [0.05, 0.1) is 5.33 Å². The highest BCUT2D eigenvalue weighted by atomic mass is 79.9. The summed E-state index contributed by atoms with van der Waals surface area (Å²) in [6.45, 7) is 7.25. The molecule has 0 aliphatic rings. The second-order valence-corrected chi connectivity index (χ2v) is 4.35. The van der Waals surface area contributed by atoms with E-state index in [9.17, 15) is 4.79 Å². The molecule has 0 aliphatic heterocycles. The Bertz CT molecular complexity index is 129. The van der Waals surface area contributed by atoms with E-state index in [0.29, 0.717) is 10.7 Å². The minimum absolute atomic E-state index is 0.0641. The van der Waals surface area contributed by atoms with Crippen LogP contribution in [0.15, 0.2) is 0 Å². The Morgan fingerprint density at radius 3 is 2.36 bits per heavy atom. The lowest BCUT2D eigenvalue weighted by molar-refractivity contribution is -0.118. The van der Waals surface area contributed by atoms with Crippen LogP contribution >= 0.6 is 15.9 Å². The highest BCUT2D eigenvalue weighted by Crippen LogP contribution is 2.16. The average Bonchev–Trinajstić information content (AvgIpc) is 1.85. The fourth-order valence-corrected chi connectivity index (χ4v) is 0.822. The molecule has 1 amide bonds. The third kappa shape index (κ3) is 7.85. The largest absolute Gasteiger partial charge is 0.355 e. The maximum atomic E-state index is 10.7. The zero-order chi connectivity index (χ0) is 8.91. The van der Waals surface area contributed by atoms with Gasteiger partial charge in [0.25, 0.3) is 0 Å². The van der Waals surface area contributed by atoms with Crippen LogP contribution in [0.5, 0.6) is 0 Å². The fourth-order valence-electron chi connectivity index (χ4n) is 0.624. The van der Waals surface area contributed by atoms with Crippen LogP contribution in [0.4, 0.5) is 0 Å². The molecule has 0 rings (SSSR count). The number of rotatable bonds is 3. The van der Waals surface area contributed by atoms with Gasteiger partial charge in [0.2, 0.25) is 5.91 Å². The SMILES string of the molecule is CC(C)(C)CCNC(=O)CBr. The maximum absolute atomic E-state index is 10.7. The van der Waals surface area contributed by atoms with Crippen molar-refractivity contribution >= 4 is 21.8 Å². The van der Waals surface area contributed by atoms with Gasteiger partial charge in [-0.05, 0) is 11.8 Å². The molecule has 0 aromatic carbocycles. The van der Waals surface area contributed by atoms with Crippen molar-refractivity contribution in [1.29, 1.82) is 0 Å². The van der Waals surface area contributed by atoms with Crippen molar-refractivity contribution in [2.45, 2.75) is 27.2 Å². The minimum Gasteiger partial charge on any atom is -0.355 e. The van der Waals surface area contributed by atoms with Gasteiger partial charge in [-0.1, -0.05) is 36.7 Å². The Hall–Kier alpha value is -0.0500. The van der Waals surface area contributed by atoms with Crippen LogP contribution in [0.3, 0.4) is 0 Å². The maximum Gasteiger partial charge on any atom is 0.230 e. The molecule has 0 heterocycles. The van der Waals surface area contributed by atoms with Crippen molar-refractivity contribution < 1.29 is 4.79 Å². The lowest BCUT2D eigenvalue weighted by Gasteiger charge is -2.17. The summed E-state index contributed by atoms with van der Waals surface area (Å²) in [6.07, 6.45) is 1.02. The molecule has 1 N–H and O–H groups in total. The molecule has 2 nitrogen and oxygen atoms in total. The number of carbonyl (C=O) groups excluding carboxylic acids is 1. The number of amides is 1. The van der Waals surface area contributed by atoms with Crippen molar-refractivity contribution in [1.82, 2.24) is 5.32 Å². The van der Waals surface area contributed by atoms with Crippen LogP contribution in [0.1, 0.15) is 27.2 Å². The molecule has 0 fully saturated rings. The average molecular weight is 222 g/mol. The van der Waals surface area contributed by atoms with Crippen LogP contribution in [0, 0.1) is 5.41 Å². The molecule has 0 bridgehead atoms. The third-order valence-electron chi connectivity index (χ3n) is 1.32. The Labute approximate surface area is 76.9 Å². The molecule has 3 heteroatoms.